The lowest BCUT2D eigenvalue weighted by molar-refractivity contribution is -0.142. The number of rotatable bonds is 13. The van der Waals surface area contributed by atoms with Crippen LogP contribution in [-0.4, -0.2) is 41.2 Å². The van der Waals surface area contributed by atoms with Crippen LogP contribution in [-0.2, 0) is 33.6 Å². The second kappa shape index (κ2) is 12.6. The van der Waals surface area contributed by atoms with Crippen LogP contribution in [0.1, 0.15) is 75.7 Å². The van der Waals surface area contributed by atoms with Gasteiger partial charge in [0, 0.05) is 30.5 Å². The van der Waals surface area contributed by atoms with Crippen molar-refractivity contribution < 1.29 is 19.4 Å². The fraction of sp³-hybridized carbons (Fsp3) is 0.696. The largest absolute Gasteiger partial charge is 0.480 e. The summed E-state index contributed by atoms with van der Waals surface area (Å²) in [6, 6.07) is 3.51. The number of carbonyl (C=O) groups is 2. The molecule has 1 amide bonds. The minimum Gasteiger partial charge on any atom is -0.480 e. The van der Waals surface area contributed by atoms with Gasteiger partial charge in [-0.1, -0.05) is 19.9 Å². The van der Waals surface area contributed by atoms with Crippen molar-refractivity contribution in [1.82, 2.24) is 10.3 Å². The van der Waals surface area contributed by atoms with E-state index in [0.717, 1.165) is 44.2 Å². The SMILES string of the molecule is CCC(CC)C(=O)NC(CCCOCCCc1ccc2c(n1)CCCC2)C(=O)O. The molecular weight excluding hydrogens is 368 g/mol. The highest BCUT2D eigenvalue weighted by molar-refractivity contribution is 5.84. The Morgan fingerprint density at radius 1 is 1.14 bits per heavy atom. The third-order valence-electron chi connectivity index (χ3n) is 5.71. The average molecular weight is 405 g/mol. The number of hydrogen-bond donors (Lipinski definition) is 2. The number of carbonyl (C=O) groups excluding carboxylic acids is 1. The Morgan fingerprint density at radius 3 is 2.59 bits per heavy atom. The Labute approximate surface area is 174 Å². The Bertz CT molecular complexity index is 658. The molecule has 0 aliphatic heterocycles. The van der Waals surface area contributed by atoms with Gasteiger partial charge in [0.1, 0.15) is 6.04 Å². The molecule has 0 radical (unpaired) electrons. The van der Waals surface area contributed by atoms with Crippen molar-refractivity contribution >= 4 is 11.9 Å². The van der Waals surface area contributed by atoms with Crippen molar-refractivity contribution in [1.29, 1.82) is 0 Å². The van der Waals surface area contributed by atoms with Gasteiger partial charge in [-0.3, -0.25) is 9.78 Å². The zero-order valence-corrected chi connectivity index (χ0v) is 17.9. The summed E-state index contributed by atoms with van der Waals surface area (Å²) in [5.41, 5.74) is 3.80. The summed E-state index contributed by atoms with van der Waals surface area (Å²) in [5.74, 6) is -1.27. The van der Waals surface area contributed by atoms with Gasteiger partial charge in [0.15, 0.2) is 0 Å². The molecule has 1 aromatic rings. The van der Waals surface area contributed by atoms with Gasteiger partial charge in [-0.25, -0.2) is 4.79 Å². The maximum Gasteiger partial charge on any atom is 0.326 e. The zero-order chi connectivity index (χ0) is 21.1. The molecule has 0 fully saturated rings. The first-order valence-electron chi connectivity index (χ1n) is 11.1. The van der Waals surface area contributed by atoms with Crippen LogP contribution in [0.4, 0.5) is 0 Å². The van der Waals surface area contributed by atoms with Crippen LogP contribution in [0.5, 0.6) is 0 Å². The quantitative estimate of drug-likeness (QED) is 0.490. The van der Waals surface area contributed by atoms with Gasteiger partial charge in [-0.05, 0) is 75.8 Å². The standard InChI is InChI=1S/C23H36N2O4/c1-3-17(4-2)22(26)25-21(23(27)28)12-8-16-29-15-7-10-19-14-13-18-9-5-6-11-20(18)24-19/h13-14,17,21H,3-12,15-16H2,1-2H3,(H,25,26)(H,27,28). The number of aryl methyl sites for hydroxylation is 3. The van der Waals surface area contributed by atoms with Crippen molar-refractivity contribution in [2.45, 2.75) is 84.1 Å². The van der Waals surface area contributed by atoms with Crippen LogP contribution in [0.2, 0.25) is 0 Å². The number of aliphatic carboxylic acids is 1. The van der Waals surface area contributed by atoms with Gasteiger partial charge >= 0.3 is 5.97 Å². The van der Waals surface area contributed by atoms with Crippen LogP contribution in [0, 0.1) is 5.92 Å². The molecule has 29 heavy (non-hydrogen) atoms. The highest BCUT2D eigenvalue weighted by Crippen LogP contribution is 2.20. The second-order valence-corrected chi connectivity index (χ2v) is 7.89. The van der Waals surface area contributed by atoms with Crippen LogP contribution in [0.15, 0.2) is 12.1 Å². The molecule has 0 spiro atoms. The van der Waals surface area contributed by atoms with Crippen LogP contribution in [0.25, 0.3) is 0 Å². The predicted octanol–water partition coefficient (Wildman–Crippen LogP) is 3.70. The fourth-order valence-corrected chi connectivity index (χ4v) is 3.82. The molecule has 1 aliphatic carbocycles. The maximum atomic E-state index is 12.1. The number of ether oxygens (including phenoxy) is 1. The van der Waals surface area contributed by atoms with Crippen molar-refractivity contribution in [2.24, 2.45) is 5.92 Å². The van der Waals surface area contributed by atoms with E-state index in [9.17, 15) is 14.7 Å². The van der Waals surface area contributed by atoms with E-state index in [0.29, 0.717) is 26.1 Å². The summed E-state index contributed by atoms with van der Waals surface area (Å²) in [6.07, 6.45) is 8.99. The molecule has 1 heterocycles. The average Bonchev–Trinajstić information content (AvgIpc) is 2.72. The molecule has 1 atom stereocenters. The third-order valence-corrected chi connectivity index (χ3v) is 5.71. The van der Waals surface area contributed by atoms with Crippen LogP contribution in [0.3, 0.4) is 0 Å². The van der Waals surface area contributed by atoms with Crippen molar-refractivity contribution in [3.8, 4) is 0 Å². The second-order valence-electron chi connectivity index (χ2n) is 7.89. The Kier molecular flexibility index (Phi) is 10.1. The van der Waals surface area contributed by atoms with Crippen molar-refractivity contribution in [2.75, 3.05) is 13.2 Å². The van der Waals surface area contributed by atoms with Crippen molar-refractivity contribution in [3.05, 3.63) is 29.1 Å². The summed E-state index contributed by atoms with van der Waals surface area (Å²) < 4.78 is 5.66. The number of aromatic nitrogens is 1. The number of carboxylic acids is 1. The number of hydrogen-bond acceptors (Lipinski definition) is 4. The first kappa shape index (κ1) is 23.3. The van der Waals surface area contributed by atoms with E-state index in [1.54, 1.807) is 0 Å². The van der Waals surface area contributed by atoms with Gasteiger partial charge in [0.05, 0.1) is 0 Å². The number of fused-ring (bicyclic) bond motifs is 1. The van der Waals surface area contributed by atoms with E-state index >= 15 is 0 Å². The molecule has 0 saturated carbocycles. The minimum absolute atomic E-state index is 0.120. The monoisotopic (exact) mass is 404 g/mol. The molecule has 162 valence electrons. The normalized spacial score (nSPS) is 14.4. The highest BCUT2D eigenvalue weighted by Gasteiger charge is 2.23. The Hall–Kier alpha value is -1.95. The molecule has 1 unspecified atom stereocenters. The third kappa shape index (κ3) is 7.77. The molecule has 2 rings (SSSR count). The summed E-state index contributed by atoms with van der Waals surface area (Å²) in [4.78, 5) is 28.3. The van der Waals surface area contributed by atoms with Crippen molar-refractivity contribution in [3.63, 3.8) is 0 Å². The van der Waals surface area contributed by atoms with Crippen LogP contribution < -0.4 is 5.32 Å². The number of nitrogens with one attached hydrogen (secondary N) is 1. The number of amides is 1. The highest BCUT2D eigenvalue weighted by atomic mass is 16.5. The predicted molar refractivity (Wildman–Crippen MR) is 113 cm³/mol. The summed E-state index contributed by atoms with van der Waals surface area (Å²) in [7, 11) is 0. The van der Waals surface area contributed by atoms with Gasteiger partial charge in [0.2, 0.25) is 5.91 Å². The first-order chi connectivity index (χ1) is 14.0. The number of nitrogens with zero attached hydrogens (tertiary/aromatic N) is 1. The lowest BCUT2D eigenvalue weighted by Gasteiger charge is -2.18. The molecular formula is C23H36N2O4. The van der Waals surface area contributed by atoms with E-state index in [4.69, 9.17) is 9.72 Å². The first-order valence-corrected chi connectivity index (χ1v) is 11.1. The molecule has 0 saturated heterocycles. The molecule has 0 aromatic carbocycles. The Balaban J connectivity index is 1.61. The van der Waals surface area contributed by atoms with Crippen LogP contribution >= 0.6 is 0 Å². The van der Waals surface area contributed by atoms with E-state index in [-0.39, 0.29) is 11.8 Å². The van der Waals surface area contributed by atoms with E-state index in [1.165, 1.54) is 24.1 Å². The minimum atomic E-state index is -0.984. The smallest absolute Gasteiger partial charge is 0.326 e. The van der Waals surface area contributed by atoms with Gasteiger partial charge in [-0.15, -0.1) is 0 Å². The molecule has 0 bridgehead atoms. The molecule has 6 heteroatoms. The molecule has 1 aromatic heterocycles. The fourth-order valence-electron chi connectivity index (χ4n) is 3.82. The number of pyridine rings is 1. The van der Waals surface area contributed by atoms with Gasteiger partial charge < -0.3 is 15.2 Å². The lowest BCUT2D eigenvalue weighted by atomic mass is 9.95. The van der Waals surface area contributed by atoms with E-state index in [1.807, 2.05) is 13.8 Å². The zero-order valence-electron chi connectivity index (χ0n) is 17.9. The lowest BCUT2D eigenvalue weighted by Crippen LogP contribution is -2.43. The van der Waals surface area contributed by atoms with E-state index < -0.39 is 12.0 Å². The van der Waals surface area contributed by atoms with E-state index in [2.05, 4.69) is 17.4 Å². The topological polar surface area (TPSA) is 88.5 Å². The summed E-state index contributed by atoms with van der Waals surface area (Å²) in [6.45, 7) is 5.02. The Morgan fingerprint density at radius 2 is 1.86 bits per heavy atom. The maximum absolute atomic E-state index is 12.1. The molecule has 1 aliphatic rings. The number of carboxylic acid groups (broad SMARTS) is 1. The molecule has 2 N–H and O–H groups in total. The summed E-state index contributed by atoms with van der Waals surface area (Å²) in [5, 5.41) is 12.0. The van der Waals surface area contributed by atoms with Gasteiger partial charge in [0.25, 0.3) is 0 Å². The summed E-state index contributed by atoms with van der Waals surface area (Å²) >= 11 is 0. The van der Waals surface area contributed by atoms with Gasteiger partial charge in [-0.2, -0.15) is 0 Å². The molecule has 6 nitrogen and oxygen atoms in total.